The van der Waals surface area contributed by atoms with Gasteiger partial charge < -0.3 is 6.58 Å². The molecule has 0 aliphatic rings. The molecule has 0 aromatic heterocycles. The molecule has 0 amide bonds. The Morgan fingerprint density at radius 1 is 1.20 bits per heavy atom. The molecule has 0 fully saturated rings. The van der Waals surface area contributed by atoms with Crippen LogP contribution in [0.5, 0.6) is 0 Å². The van der Waals surface area contributed by atoms with E-state index in [4.69, 9.17) is 6.58 Å². The van der Waals surface area contributed by atoms with Gasteiger partial charge in [-0.25, -0.2) is 5.41 Å². The molecule has 0 saturated heterocycles. The third kappa shape index (κ3) is 3.17. The largest absolute Gasteiger partial charge is 1.00 e. The van der Waals surface area contributed by atoms with Crippen molar-refractivity contribution in [3.63, 3.8) is 0 Å². The van der Waals surface area contributed by atoms with Crippen molar-refractivity contribution in [2.24, 2.45) is 0 Å². The fraction of sp³-hybridized carbons (Fsp3) is 0. The van der Waals surface area contributed by atoms with Gasteiger partial charge in [-0.2, -0.15) is 0 Å². The smallest absolute Gasteiger partial charge is 0.507 e. The van der Waals surface area contributed by atoms with E-state index < -0.39 is 0 Å². The van der Waals surface area contributed by atoms with Gasteiger partial charge in [-0.3, -0.25) is 0 Å². The minimum Gasteiger partial charge on any atom is -0.507 e. The van der Waals surface area contributed by atoms with Crippen LogP contribution in [0.15, 0.2) is 40.6 Å². The first kappa shape index (κ1) is 9.91. The van der Waals surface area contributed by atoms with Gasteiger partial charge in [-0.1, -0.05) is 18.2 Å². The summed E-state index contributed by atoms with van der Waals surface area (Å²) < 4.78 is 0. The molecule has 46 valence electrons. The Labute approximate surface area is 77.9 Å². The van der Waals surface area contributed by atoms with Gasteiger partial charge in [0.15, 0.2) is 0 Å². The first-order valence-electron chi connectivity index (χ1n) is 2.68. The Morgan fingerprint density at radius 3 is 2.30 bits per heavy atom. The van der Waals surface area contributed by atoms with Gasteiger partial charge in [0.05, 0.1) is 0 Å². The molecule has 0 bridgehead atoms. The Morgan fingerprint density at radius 2 is 1.80 bits per heavy atom. The van der Waals surface area contributed by atoms with Gasteiger partial charge in [0.25, 0.3) is 0 Å². The fourth-order valence-corrected chi connectivity index (χ4v) is 1.05. The quantitative estimate of drug-likeness (QED) is 0.311. The summed E-state index contributed by atoms with van der Waals surface area (Å²) in [5.41, 5.74) is 0. The summed E-state index contributed by atoms with van der Waals surface area (Å²) in [5, 5.41) is 1.58. The summed E-state index contributed by atoms with van der Waals surface area (Å²) in [7, 11) is 0. The molecular formula is C8H7LiS. The van der Waals surface area contributed by atoms with E-state index in [1.165, 1.54) is 16.7 Å². The molecule has 0 saturated carbocycles. The number of thioether (sulfide) groups is 1. The molecule has 0 aliphatic heterocycles. The summed E-state index contributed by atoms with van der Waals surface area (Å²) in [6, 6.07) is 10.0. The summed E-state index contributed by atoms with van der Waals surface area (Å²) in [4.78, 5) is 1.18. The van der Waals surface area contributed by atoms with Crippen LogP contribution in [0, 0.1) is 6.58 Å². The van der Waals surface area contributed by atoms with Crippen LogP contribution < -0.4 is 18.9 Å². The first-order valence-corrected chi connectivity index (χ1v) is 3.56. The summed E-state index contributed by atoms with van der Waals surface area (Å²) in [6.45, 7) is 5.20. The minimum atomic E-state index is 0. The maximum Gasteiger partial charge on any atom is 1.00 e. The summed E-state index contributed by atoms with van der Waals surface area (Å²) in [6.07, 6.45) is 0. The molecule has 1 rings (SSSR count). The van der Waals surface area contributed by atoms with Crippen LogP contribution in [0.2, 0.25) is 0 Å². The van der Waals surface area contributed by atoms with E-state index in [2.05, 4.69) is 0 Å². The summed E-state index contributed by atoms with van der Waals surface area (Å²) >= 11 is 1.53. The number of hydrogen-bond donors (Lipinski definition) is 0. The maximum absolute atomic E-state index is 5.20. The zero-order valence-corrected chi connectivity index (χ0v) is 6.77. The van der Waals surface area contributed by atoms with Crippen molar-refractivity contribution in [2.45, 2.75) is 4.90 Å². The van der Waals surface area contributed by atoms with E-state index in [1.54, 1.807) is 5.41 Å². The second-order valence-corrected chi connectivity index (χ2v) is 2.55. The molecule has 0 atom stereocenters. The van der Waals surface area contributed by atoms with Crippen LogP contribution in [0.25, 0.3) is 0 Å². The predicted octanol–water partition coefficient (Wildman–Crippen LogP) is -0.271. The van der Waals surface area contributed by atoms with E-state index in [0.717, 1.165) is 0 Å². The van der Waals surface area contributed by atoms with Crippen molar-refractivity contribution >= 4 is 11.8 Å². The SMILES string of the molecule is [CH-]=CSc1ccccc1.[Li+]. The van der Waals surface area contributed by atoms with Gasteiger partial charge in [0.2, 0.25) is 0 Å². The zero-order chi connectivity index (χ0) is 6.53. The van der Waals surface area contributed by atoms with Gasteiger partial charge in [-0.05, 0) is 12.1 Å². The van der Waals surface area contributed by atoms with Crippen LogP contribution in [0.3, 0.4) is 0 Å². The Kier molecular flexibility index (Phi) is 5.62. The van der Waals surface area contributed by atoms with Crippen LogP contribution in [-0.4, -0.2) is 0 Å². The minimum absolute atomic E-state index is 0. The molecule has 0 N–H and O–H groups in total. The average molecular weight is 142 g/mol. The standard InChI is InChI=1S/C8H7S.Li/c1-2-9-8-6-4-3-5-7-8;/h1-7H;/q-1;+1. The van der Waals surface area contributed by atoms with Gasteiger partial charge in [0.1, 0.15) is 0 Å². The molecule has 1 aromatic rings. The third-order valence-corrected chi connectivity index (χ3v) is 1.63. The van der Waals surface area contributed by atoms with Crippen molar-refractivity contribution in [1.82, 2.24) is 0 Å². The Hall–Kier alpha value is -0.0926. The van der Waals surface area contributed by atoms with Crippen LogP contribution in [0.1, 0.15) is 0 Å². The first-order chi connectivity index (χ1) is 4.43. The van der Waals surface area contributed by atoms with Crippen molar-refractivity contribution in [1.29, 1.82) is 0 Å². The molecule has 0 unspecified atom stereocenters. The molecule has 0 spiro atoms. The third-order valence-electron chi connectivity index (χ3n) is 0.947. The van der Waals surface area contributed by atoms with Crippen molar-refractivity contribution < 1.29 is 18.9 Å². The normalized spacial score (nSPS) is 8.00. The monoisotopic (exact) mass is 142 g/mol. The van der Waals surface area contributed by atoms with Crippen molar-refractivity contribution in [3.8, 4) is 0 Å². The average Bonchev–Trinajstić information content (AvgIpc) is 1.91. The van der Waals surface area contributed by atoms with Crippen LogP contribution in [-0.2, 0) is 0 Å². The molecule has 10 heavy (non-hydrogen) atoms. The van der Waals surface area contributed by atoms with E-state index in [9.17, 15) is 0 Å². The summed E-state index contributed by atoms with van der Waals surface area (Å²) in [5.74, 6) is 0. The van der Waals surface area contributed by atoms with Crippen molar-refractivity contribution in [3.05, 3.63) is 42.3 Å². The van der Waals surface area contributed by atoms with Gasteiger partial charge in [0, 0.05) is 4.90 Å². The Bertz CT molecular complexity index is 184. The molecule has 2 heteroatoms. The number of rotatable bonds is 2. The molecule has 0 nitrogen and oxygen atoms in total. The molecular weight excluding hydrogens is 135 g/mol. The molecule has 0 aliphatic carbocycles. The topological polar surface area (TPSA) is 0 Å². The molecule has 0 radical (unpaired) electrons. The molecule has 0 heterocycles. The van der Waals surface area contributed by atoms with E-state index in [-0.39, 0.29) is 18.9 Å². The second-order valence-electron chi connectivity index (χ2n) is 1.57. The fourth-order valence-electron chi connectivity index (χ4n) is 0.578. The van der Waals surface area contributed by atoms with E-state index >= 15 is 0 Å². The molecule has 1 aromatic carbocycles. The van der Waals surface area contributed by atoms with Gasteiger partial charge in [-0.15, -0.1) is 11.8 Å². The Balaban J connectivity index is 0.000000810. The number of hydrogen-bond acceptors (Lipinski definition) is 1. The second kappa shape index (κ2) is 5.67. The van der Waals surface area contributed by atoms with Crippen LogP contribution >= 0.6 is 11.8 Å². The van der Waals surface area contributed by atoms with Gasteiger partial charge >= 0.3 is 18.9 Å². The van der Waals surface area contributed by atoms with E-state index in [0.29, 0.717) is 0 Å². The van der Waals surface area contributed by atoms with Crippen molar-refractivity contribution in [2.75, 3.05) is 0 Å². The van der Waals surface area contributed by atoms with E-state index in [1.807, 2.05) is 30.3 Å². The van der Waals surface area contributed by atoms with Crippen LogP contribution in [0.4, 0.5) is 0 Å². The zero-order valence-electron chi connectivity index (χ0n) is 5.95. The maximum atomic E-state index is 5.20. The predicted molar refractivity (Wildman–Crippen MR) is 41.2 cm³/mol. The number of benzene rings is 1.